The number of hydrogen-bond donors (Lipinski definition) is 2. The fourth-order valence-corrected chi connectivity index (χ4v) is 2.44. The summed E-state index contributed by atoms with van der Waals surface area (Å²) < 4.78 is 0. The highest BCUT2D eigenvalue weighted by molar-refractivity contribution is 5.81. The molecule has 1 amide bonds. The fraction of sp³-hybridized carbons (Fsp3) is 0.733. The Morgan fingerprint density at radius 3 is 2.53 bits per heavy atom. The number of amides is 1. The largest absolute Gasteiger partial charge is 0.478 e. The third-order valence-corrected chi connectivity index (χ3v) is 3.58. The smallest absolute Gasteiger partial charge is 0.328 e. The van der Waals surface area contributed by atoms with Crippen molar-refractivity contribution in [3.05, 3.63) is 11.6 Å². The van der Waals surface area contributed by atoms with E-state index in [1.54, 1.807) is 0 Å². The summed E-state index contributed by atoms with van der Waals surface area (Å²) in [6.07, 6.45) is 6.46. The number of aliphatic carboxylic acids is 1. The molecule has 1 aliphatic rings. The van der Waals surface area contributed by atoms with Crippen LogP contribution in [0.3, 0.4) is 0 Å². The monoisotopic (exact) mass is 267 g/mol. The number of carboxylic acids is 1. The van der Waals surface area contributed by atoms with Crippen molar-refractivity contribution in [2.45, 2.75) is 52.4 Å². The molecule has 0 aromatic carbocycles. The highest BCUT2D eigenvalue weighted by Crippen LogP contribution is 2.28. The van der Waals surface area contributed by atoms with E-state index in [1.807, 2.05) is 0 Å². The van der Waals surface area contributed by atoms with Gasteiger partial charge in [0.2, 0.25) is 5.91 Å². The first-order valence-electron chi connectivity index (χ1n) is 7.19. The topological polar surface area (TPSA) is 66.4 Å². The number of carboxylic acid groups (broad SMARTS) is 1. The number of carbonyl (C=O) groups excluding carboxylic acids is 1. The average molecular weight is 267 g/mol. The first-order chi connectivity index (χ1) is 8.99. The summed E-state index contributed by atoms with van der Waals surface area (Å²) in [7, 11) is 0. The van der Waals surface area contributed by atoms with E-state index in [0.29, 0.717) is 5.92 Å². The summed E-state index contributed by atoms with van der Waals surface area (Å²) >= 11 is 0. The molecule has 108 valence electrons. The van der Waals surface area contributed by atoms with Gasteiger partial charge in [-0.1, -0.05) is 19.4 Å². The molecule has 0 bridgehead atoms. The summed E-state index contributed by atoms with van der Waals surface area (Å²) in [5, 5.41) is 11.7. The van der Waals surface area contributed by atoms with Gasteiger partial charge in [0, 0.05) is 18.5 Å². The minimum Gasteiger partial charge on any atom is -0.478 e. The molecule has 0 aromatic rings. The highest BCUT2D eigenvalue weighted by atomic mass is 16.4. The van der Waals surface area contributed by atoms with Crippen molar-refractivity contribution in [1.29, 1.82) is 0 Å². The molecule has 19 heavy (non-hydrogen) atoms. The lowest BCUT2D eigenvalue weighted by atomic mass is 9.85. The summed E-state index contributed by atoms with van der Waals surface area (Å²) in [4.78, 5) is 22.5. The zero-order valence-electron chi connectivity index (χ0n) is 11.9. The molecule has 0 aromatic heterocycles. The Labute approximate surface area is 115 Å². The van der Waals surface area contributed by atoms with Gasteiger partial charge in [0.05, 0.1) is 0 Å². The molecule has 0 unspecified atom stereocenters. The third kappa shape index (κ3) is 6.41. The SMILES string of the molecule is CC(C)CCCNC(=O)C1CCC(=CC(=O)O)CC1. The van der Waals surface area contributed by atoms with Crippen LogP contribution in [-0.2, 0) is 9.59 Å². The van der Waals surface area contributed by atoms with Crippen LogP contribution in [0.25, 0.3) is 0 Å². The fourth-order valence-electron chi connectivity index (χ4n) is 2.44. The van der Waals surface area contributed by atoms with Crippen LogP contribution in [0.4, 0.5) is 0 Å². The number of hydrogen-bond acceptors (Lipinski definition) is 2. The second-order valence-electron chi connectivity index (χ2n) is 5.74. The first-order valence-corrected chi connectivity index (χ1v) is 7.19. The predicted octanol–water partition coefficient (Wildman–Crippen LogP) is 2.74. The van der Waals surface area contributed by atoms with Gasteiger partial charge >= 0.3 is 5.97 Å². The van der Waals surface area contributed by atoms with Crippen LogP contribution in [-0.4, -0.2) is 23.5 Å². The zero-order valence-corrected chi connectivity index (χ0v) is 11.9. The van der Waals surface area contributed by atoms with E-state index in [0.717, 1.165) is 50.6 Å². The summed E-state index contributed by atoms with van der Waals surface area (Å²) in [6, 6.07) is 0. The number of allylic oxidation sites excluding steroid dienone is 1. The molecule has 1 fully saturated rings. The van der Waals surface area contributed by atoms with Gasteiger partial charge in [0.1, 0.15) is 0 Å². The maximum atomic E-state index is 11.9. The molecular formula is C15H25NO3. The predicted molar refractivity (Wildman–Crippen MR) is 74.8 cm³/mol. The van der Waals surface area contributed by atoms with Crippen LogP contribution in [0.5, 0.6) is 0 Å². The lowest BCUT2D eigenvalue weighted by Gasteiger charge is -2.23. The second kappa shape index (κ2) is 7.97. The van der Waals surface area contributed by atoms with E-state index >= 15 is 0 Å². The molecule has 0 aliphatic heterocycles. The van der Waals surface area contributed by atoms with Crippen molar-refractivity contribution >= 4 is 11.9 Å². The minimum absolute atomic E-state index is 0.0602. The maximum absolute atomic E-state index is 11.9. The Bertz CT molecular complexity index is 337. The molecule has 0 radical (unpaired) electrons. The highest BCUT2D eigenvalue weighted by Gasteiger charge is 2.23. The normalized spacial score (nSPS) is 19.3. The van der Waals surface area contributed by atoms with E-state index in [-0.39, 0.29) is 11.8 Å². The summed E-state index contributed by atoms with van der Waals surface area (Å²) in [5.41, 5.74) is 0.955. The molecular weight excluding hydrogens is 242 g/mol. The van der Waals surface area contributed by atoms with Crippen molar-refractivity contribution in [3.8, 4) is 0 Å². The molecule has 0 saturated heterocycles. The van der Waals surface area contributed by atoms with Crippen molar-refractivity contribution in [3.63, 3.8) is 0 Å². The molecule has 4 nitrogen and oxygen atoms in total. The minimum atomic E-state index is -0.883. The molecule has 1 rings (SSSR count). The number of rotatable bonds is 6. The van der Waals surface area contributed by atoms with E-state index in [4.69, 9.17) is 5.11 Å². The number of nitrogens with one attached hydrogen (secondary N) is 1. The molecule has 4 heteroatoms. The Morgan fingerprint density at radius 2 is 2.00 bits per heavy atom. The van der Waals surface area contributed by atoms with Gasteiger partial charge in [-0.15, -0.1) is 0 Å². The Morgan fingerprint density at radius 1 is 1.37 bits per heavy atom. The molecule has 0 heterocycles. The first kappa shape index (κ1) is 15.7. The van der Waals surface area contributed by atoms with Crippen molar-refractivity contribution < 1.29 is 14.7 Å². The van der Waals surface area contributed by atoms with Crippen LogP contribution in [0.2, 0.25) is 0 Å². The van der Waals surface area contributed by atoms with Crippen molar-refractivity contribution in [2.24, 2.45) is 11.8 Å². The quantitative estimate of drug-likeness (QED) is 0.574. The Hall–Kier alpha value is -1.32. The lowest BCUT2D eigenvalue weighted by Crippen LogP contribution is -2.33. The van der Waals surface area contributed by atoms with Gasteiger partial charge in [0.15, 0.2) is 0 Å². The Balaban J connectivity index is 2.23. The van der Waals surface area contributed by atoms with E-state index < -0.39 is 5.97 Å². The van der Waals surface area contributed by atoms with Crippen LogP contribution in [0.1, 0.15) is 52.4 Å². The van der Waals surface area contributed by atoms with Gasteiger partial charge in [-0.05, 0) is 44.4 Å². The molecule has 1 saturated carbocycles. The standard InChI is InChI=1S/C15H25NO3/c1-11(2)4-3-9-16-15(19)13-7-5-12(6-8-13)10-14(17)18/h10-11,13H,3-9H2,1-2H3,(H,16,19)(H,17,18). The zero-order chi connectivity index (χ0) is 14.3. The van der Waals surface area contributed by atoms with Gasteiger partial charge in [-0.2, -0.15) is 0 Å². The molecule has 0 atom stereocenters. The second-order valence-corrected chi connectivity index (χ2v) is 5.74. The maximum Gasteiger partial charge on any atom is 0.328 e. The summed E-state index contributed by atoms with van der Waals surface area (Å²) in [6.45, 7) is 5.11. The molecule has 2 N–H and O–H groups in total. The summed E-state index contributed by atoms with van der Waals surface area (Å²) in [5.74, 6) is -0.00925. The average Bonchev–Trinajstić information content (AvgIpc) is 2.34. The van der Waals surface area contributed by atoms with Gasteiger partial charge in [0.25, 0.3) is 0 Å². The third-order valence-electron chi connectivity index (χ3n) is 3.58. The van der Waals surface area contributed by atoms with Gasteiger partial charge in [-0.25, -0.2) is 4.79 Å². The van der Waals surface area contributed by atoms with E-state index in [2.05, 4.69) is 19.2 Å². The van der Waals surface area contributed by atoms with Crippen LogP contribution < -0.4 is 5.32 Å². The van der Waals surface area contributed by atoms with Gasteiger partial charge < -0.3 is 10.4 Å². The Kier molecular flexibility index (Phi) is 6.60. The lowest BCUT2D eigenvalue weighted by molar-refractivity contribution is -0.131. The van der Waals surface area contributed by atoms with Crippen LogP contribution >= 0.6 is 0 Å². The van der Waals surface area contributed by atoms with Crippen LogP contribution in [0, 0.1) is 11.8 Å². The van der Waals surface area contributed by atoms with E-state index in [1.165, 1.54) is 6.08 Å². The number of carbonyl (C=O) groups is 2. The van der Waals surface area contributed by atoms with Crippen molar-refractivity contribution in [1.82, 2.24) is 5.32 Å². The van der Waals surface area contributed by atoms with Gasteiger partial charge in [-0.3, -0.25) is 4.79 Å². The van der Waals surface area contributed by atoms with Crippen molar-refractivity contribution in [2.75, 3.05) is 6.54 Å². The van der Waals surface area contributed by atoms with Crippen LogP contribution in [0.15, 0.2) is 11.6 Å². The molecule has 0 spiro atoms. The van der Waals surface area contributed by atoms with E-state index in [9.17, 15) is 9.59 Å². The molecule has 1 aliphatic carbocycles.